The van der Waals surface area contributed by atoms with E-state index in [1.165, 1.54) is 18.4 Å². The monoisotopic (exact) mass is 348 g/mol. The molecule has 0 saturated carbocycles. The zero-order chi connectivity index (χ0) is 17.8. The van der Waals surface area contributed by atoms with Crippen molar-refractivity contribution in [3.05, 3.63) is 65.9 Å². The molecule has 5 nitrogen and oxygen atoms in total. The standard InChI is InChI=1S/C21H24N4O/c26-21(19-11-6-9-17-13-23-24-20(17)19)22-14-18-10-4-5-12-25(18)15-16-7-2-1-3-8-16/h1-3,6-9,11,13,18H,4-5,10,12,14-15H2,(H,22,26)(H,23,24). The molecule has 1 unspecified atom stereocenters. The van der Waals surface area contributed by atoms with Crippen molar-refractivity contribution in [3.8, 4) is 0 Å². The third kappa shape index (κ3) is 3.63. The Kier molecular flexibility index (Phi) is 4.97. The van der Waals surface area contributed by atoms with Gasteiger partial charge in [0, 0.05) is 24.5 Å². The van der Waals surface area contributed by atoms with Gasteiger partial charge in [-0.3, -0.25) is 14.8 Å². The van der Waals surface area contributed by atoms with Crippen LogP contribution in [-0.4, -0.2) is 40.1 Å². The minimum Gasteiger partial charge on any atom is -0.350 e. The van der Waals surface area contributed by atoms with Crippen molar-refractivity contribution in [2.75, 3.05) is 13.1 Å². The van der Waals surface area contributed by atoms with Gasteiger partial charge in [-0.1, -0.05) is 48.9 Å². The number of benzene rings is 2. The quantitative estimate of drug-likeness (QED) is 0.743. The first-order valence-electron chi connectivity index (χ1n) is 9.29. The molecule has 2 heterocycles. The lowest BCUT2D eigenvalue weighted by Crippen LogP contribution is -2.46. The zero-order valence-electron chi connectivity index (χ0n) is 14.8. The molecule has 0 spiro atoms. The van der Waals surface area contributed by atoms with Crippen LogP contribution >= 0.6 is 0 Å². The number of fused-ring (bicyclic) bond motifs is 1. The molecule has 0 radical (unpaired) electrons. The highest BCUT2D eigenvalue weighted by Crippen LogP contribution is 2.20. The number of amides is 1. The lowest BCUT2D eigenvalue weighted by molar-refractivity contribution is 0.0909. The number of carbonyl (C=O) groups excluding carboxylic acids is 1. The Morgan fingerprint density at radius 2 is 2.04 bits per heavy atom. The summed E-state index contributed by atoms with van der Waals surface area (Å²) in [7, 11) is 0. The summed E-state index contributed by atoms with van der Waals surface area (Å²) in [4.78, 5) is 15.2. The highest BCUT2D eigenvalue weighted by Gasteiger charge is 2.23. The highest BCUT2D eigenvalue weighted by atomic mass is 16.1. The molecule has 26 heavy (non-hydrogen) atoms. The van der Waals surface area contributed by atoms with E-state index in [9.17, 15) is 4.79 Å². The van der Waals surface area contributed by atoms with E-state index in [-0.39, 0.29) is 5.91 Å². The molecule has 134 valence electrons. The third-order valence-corrected chi connectivity index (χ3v) is 5.20. The molecule has 1 amide bonds. The Balaban J connectivity index is 1.42. The first-order chi connectivity index (χ1) is 12.8. The first kappa shape index (κ1) is 16.8. The number of para-hydroxylation sites is 1. The topological polar surface area (TPSA) is 61.0 Å². The van der Waals surface area contributed by atoms with Gasteiger partial charge >= 0.3 is 0 Å². The van der Waals surface area contributed by atoms with Gasteiger partial charge in [-0.2, -0.15) is 5.10 Å². The van der Waals surface area contributed by atoms with Gasteiger partial charge in [0.15, 0.2) is 0 Å². The summed E-state index contributed by atoms with van der Waals surface area (Å²) < 4.78 is 0. The lowest BCUT2D eigenvalue weighted by Gasteiger charge is -2.36. The van der Waals surface area contributed by atoms with Crippen LogP contribution in [-0.2, 0) is 6.54 Å². The molecule has 3 aromatic rings. The van der Waals surface area contributed by atoms with Crippen molar-refractivity contribution >= 4 is 16.8 Å². The minimum atomic E-state index is -0.0370. The summed E-state index contributed by atoms with van der Waals surface area (Å²) in [5.74, 6) is -0.0370. The van der Waals surface area contributed by atoms with Gasteiger partial charge in [0.2, 0.25) is 0 Å². The van der Waals surface area contributed by atoms with Crippen LogP contribution in [0.3, 0.4) is 0 Å². The van der Waals surface area contributed by atoms with Crippen molar-refractivity contribution in [2.45, 2.75) is 31.8 Å². The number of piperidine rings is 1. The smallest absolute Gasteiger partial charge is 0.253 e. The lowest BCUT2D eigenvalue weighted by atomic mass is 10.0. The SMILES string of the molecule is O=C(NCC1CCCCN1Cc1ccccc1)c1cccc2cn[nH]c12. The molecule has 1 fully saturated rings. The van der Waals surface area contributed by atoms with Gasteiger partial charge in [0.05, 0.1) is 17.3 Å². The maximum absolute atomic E-state index is 12.7. The van der Waals surface area contributed by atoms with Crippen LogP contribution < -0.4 is 5.32 Å². The Morgan fingerprint density at radius 3 is 2.92 bits per heavy atom. The number of nitrogens with one attached hydrogen (secondary N) is 2. The normalized spacial score (nSPS) is 18.1. The van der Waals surface area contributed by atoms with Crippen molar-refractivity contribution in [2.24, 2.45) is 0 Å². The number of hydrogen-bond acceptors (Lipinski definition) is 3. The second kappa shape index (κ2) is 7.70. The van der Waals surface area contributed by atoms with Crippen molar-refractivity contribution in [1.29, 1.82) is 0 Å². The van der Waals surface area contributed by atoms with Gasteiger partial charge < -0.3 is 5.32 Å². The summed E-state index contributed by atoms with van der Waals surface area (Å²) in [6.07, 6.45) is 5.32. The molecule has 1 saturated heterocycles. The summed E-state index contributed by atoms with van der Waals surface area (Å²) in [6, 6.07) is 16.6. The molecule has 1 aliphatic rings. The number of hydrogen-bond donors (Lipinski definition) is 2. The summed E-state index contributed by atoms with van der Waals surface area (Å²) in [5, 5.41) is 11.1. The van der Waals surface area contributed by atoms with Crippen LogP contribution in [0.15, 0.2) is 54.7 Å². The van der Waals surface area contributed by atoms with Gasteiger partial charge in [0.25, 0.3) is 5.91 Å². The fourth-order valence-electron chi connectivity index (χ4n) is 3.78. The maximum Gasteiger partial charge on any atom is 0.253 e. The molecule has 0 aliphatic carbocycles. The highest BCUT2D eigenvalue weighted by molar-refractivity contribution is 6.05. The number of carbonyl (C=O) groups is 1. The summed E-state index contributed by atoms with van der Waals surface area (Å²) >= 11 is 0. The van der Waals surface area contributed by atoms with Crippen LogP contribution in [0.4, 0.5) is 0 Å². The molecule has 5 heteroatoms. The van der Waals surface area contributed by atoms with Gasteiger partial charge in [-0.15, -0.1) is 0 Å². The zero-order valence-corrected chi connectivity index (χ0v) is 14.8. The Hall–Kier alpha value is -2.66. The number of likely N-dealkylation sites (tertiary alicyclic amines) is 1. The number of H-pyrrole nitrogens is 1. The molecule has 2 N–H and O–H groups in total. The minimum absolute atomic E-state index is 0.0370. The van der Waals surface area contributed by atoms with Crippen LogP contribution in [0, 0.1) is 0 Å². The van der Waals surface area contributed by atoms with E-state index in [2.05, 4.69) is 44.7 Å². The van der Waals surface area contributed by atoms with Crippen LogP contribution in [0.1, 0.15) is 35.2 Å². The number of nitrogens with zero attached hydrogens (tertiary/aromatic N) is 2. The van der Waals surface area contributed by atoms with E-state index < -0.39 is 0 Å². The average molecular weight is 348 g/mol. The van der Waals surface area contributed by atoms with E-state index >= 15 is 0 Å². The van der Waals surface area contributed by atoms with Crippen LogP contribution in [0.25, 0.3) is 10.9 Å². The number of aromatic amines is 1. The van der Waals surface area contributed by atoms with Crippen molar-refractivity contribution in [1.82, 2.24) is 20.4 Å². The molecule has 4 rings (SSSR count). The molecule has 2 aromatic carbocycles. The van der Waals surface area contributed by atoms with Crippen LogP contribution in [0.5, 0.6) is 0 Å². The predicted molar refractivity (Wildman–Crippen MR) is 103 cm³/mol. The molecular formula is C21H24N4O. The fourth-order valence-corrected chi connectivity index (χ4v) is 3.78. The molecule has 1 aromatic heterocycles. The average Bonchev–Trinajstić information content (AvgIpc) is 3.17. The summed E-state index contributed by atoms with van der Waals surface area (Å²) in [6.45, 7) is 2.71. The molecule has 1 atom stereocenters. The van der Waals surface area contributed by atoms with Crippen molar-refractivity contribution in [3.63, 3.8) is 0 Å². The predicted octanol–water partition coefficient (Wildman–Crippen LogP) is 3.35. The molecule has 1 aliphatic heterocycles. The summed E-state index contributed by atoms with van der Waals surface area (Å²) in [5.41, 5.74) is 2.79. The second-order valence-corrected chi connectivity index (χ2v) is 6.96. The van der Waals surface area contributed by atoms with Crippen LogP contribution in [0.2, 0.25) is 0 Å². The fraction of sp³-hybridized carbons (Fsp3) is 0.333. The van der Waals surface area contributed by atoms with Gasteiger partial charge in [0.1, 0.15) is 0 Å². The van der Waals surface area contributed by atoms with E-state index in [0.717, 1.165) is 30.4 Å². The number of rotatable bonds is 5. The third-order valence-electron chi connectivity index (χ3n) is 5.20. The van der Waals surface area contributed by atoms with Gasteiger partial charge in [-0.05, 0) is 31.0 Å². The van der Waals surface area contributed by atoms with E-state index in [0.29, 0.717) is 18.2 Å². The van der Waals surface area contributed by atoms with E-state index in [1.54, 1.807) is 6.20 Å². The Morgan fingerprint density at radius 1 is 1.15 bits per heavy atom. The second-order valence-electron chi connectivity index (χ2n) is 6.96. The maximum atomic E-state index is 12.7. The first-order valence-corrected chi connectivity index (χ1v) is 9.29. The van der Waals surface area contributed by atoms with Gasteiger partial charge in [-0.25, -0.2) is 0 Å². The molecular weight excluding hydrogens is 324 g/mol. The molecule has 0 bridgehead atoms. The largest absolute Gasteiger partial charge is 0.350 e. The van der Waals surface area contributed by atoms with E-state index in [4.69, 9.17) is 0 Å². The Bertz CT molecular complexity index is 874. The Labute approximate surface area is 153 Å². The van der Waals surface area contributed by atoms with E-state index in [1.807, 2.05) is 24.3 Å². The number of aromatic nitrogens is 2. The van der Waals surface area contributed by atoms with Crippen molar-refractivity contribution < 1.29 is 4.79 Å².